The third-order valence-corrected chi connectivity index (χ3v) is 5.21. The van der Waals surface area contributed by atoms with Gasteiger partial charge in [-0.2, -0.15) is 0 Å². The summed E-state index contributed by atoms with van der Waals surface area (Å²) in [6.45, 7) is 5.34. The van der Waals surface area contributed by atoms with Crippen molar-refractivity contribution in [2.45, 2.75) is 25.8 Å². The maximum absolute atomic E-state index is 12.6. The molecule has 0 radical (unpaired) electrons. The molecule has 1 aliphatic carbocycles. The molecular formula is C20H29N3O3. The third-order valence-electron chi connectivity index (χ3n) is 5.21. The number of carbonyl (C=O) groups is 2. The first kappa shape index (κ1) is 18.9. The summed E-state index contributed by atoms with van der Waals surface area (Å²) in [6.07, 6.45) is 2.36. The van der Waals surface area contributed by atoms with Crippen LogP contribution in [0.1, 0.15) is 30.0 Å². The minimum Gasteiger partial charge on any atom is -0.375 e. The number of methoxy groups -OCH3 is 1. The molecule has 1 saturated carbocycles. The van der Waals surface area contributed by atoms with Crippen LogP contribution in [0.2, 0.25) is 0 Å². The van der Waals surface area contributed by atoms with E-state index in [1.165, 1.54) is 31.1 Å². The van der Waals surface area contributed by atoms with Gasteiger partial charge in [-0.3, -0.25) is 14.5 Å². The Labute approximate surface area is 155 Å². The second-order valence-electron chi connectivity index (χ2n) is 7.38. The minimum absolute atomic E-state index is 0.0183. The lowest BCUT2D eigenvalue weighted by Gasteiger charge is -2.34. The van der Waals surface area contributed by atoms with Crippen molar-refractivity contribution in [2.24, 2.45) is 5.92 Å². The number of piperazine rings is 1. The maximum atomic E-state index is 12.6. The molecule has 1 aromatic carbocycles. The van der Waals surface area contributed by atoms with E-state index < -0.39 is 0 Å². The van der Waals surface area contributed by atoms with E-state index in [2.05, 4.69) is 41.4 Å². The highest BCUT2D eigenvalue weighted by Crippen LogP contribution is 2.41. The first-order chi connectivity index (χ1) is 12.6. The second-order valence-corrected chi connectivity index (χ2v) is 7.38. The molecule has 142 valence electrons. The van der Waals surface area contributed by atoms with Gasteiger partial charge in [0.2, 0.25) is 11.8 Å². The van der Waals surface area contributed by atoms with Crippen LogP contribution in [0, 0.1) is 12.8 Å². The minimum atomic E-state index is 0.0183. The highest BCUT2D eigenvalue weighted by atomic mass is 16.5. The van der Waals surface area contributed by atoms with Crippen molar-refractivity contribution in [1.29, 1.82) is 0 Å². The lowest BCUT2D eigenvalue weighted by Crippen LogP contribution is -2.52. The van der Waals surface area contributed by atoms with Gasteiger partial charge in [0.15, 0.2) is 0 Å². The van der Waals surface area contributed by atoms with Crippen LogP contribution in [0.25, 0.3) is 0 Å². The Morgan fingerprint density at radius 2 is 1.81 bits per heavy atom. The van der Waals surface area contributed by atoms with Gasteiger partial charge >= 0.3 is 0 Å². The summed E-state index contributed by atoms with van der Waals surface area (Å²) in [7, 11) is 1.53. The summed E-state index contributed by atoms with van der Waals surface area (Å²) in [5.41, 5.74) is 2.43. The molecule has 3 rings (SSSR count). The van der Waals surface area contributed by atoms with Crippen LogP contribution in [0.15, 0.2) is 24.3 Å². The Balaban J connectivity index is 1.49. The number of nitrogens with zero attached hydrogens (tertiary/aromatic N) is 2. The van der Waals surface area contributed by atoms with Gasteiger partial charge in [-0.25, -0.2) is 0 Å². The van der Waals surface area contributed by atoms with Gasteiger partial charge in [-0.15, -0.1) is 0 Å². The van der Waals surface area contributed by atoms with Crippen LogP contribution in [-0.4, -0.2) is 68.1 Å². The molecule has 6 nitrogen and oxygen atoms in total. The largest absolute Gasteiger partial charge is 0.375 e. The zero-order chi connectivity index (χ0) is 18.5. The number of hydrogen-bond acceptors (Lipinski definition) is 4. The van der Waals surface area contributed by atoms with Crippen LogP contribution >= 0.6 is 0 Å². The predicted octanol–water partition coefficient (Wildman–Crippen LogP) is 1.35. The van der Waals surface area contributed by atoms with E-state index in [4.69, 9.17) is 4.74 Å². The Bertz CT molecular complexity index is 620. The Hall–Kier alpha value is -1.92. The van der Waals surface area contributed by atoms with E-state index in [9.17, 15) is 9.59 Å². The highest BCUT2D eigenvalue weighted by molar-refractivity contribution is 5.79. The molecule has 1 aliphatic heterocycles. The molecule has 1 atom stereocenters. The monoisotopic (exact) mass is 359 g/mol. The number of rotatable bonds is 7. The zero-order valence-corrected chi connectivity index (χ0v) is 15.7. The summed E-state index contributed by atoms with van der Waals surface area (Å²) in [6, 6.07) is 8.57. The molecule has 0 aromatic heterocycles. The van der Waals surface area contributed by atoms with Crippen LogP contribution in [0.5, 0.6) is 0 Å². The fraction of sp³-hybridized carbons (Fsp3) is 0.600. The Morgan fingerprint density at radius 3 is 2.38 bits per heavy atom. The maximum Gasteiger partial charge on any atom is 0.248 e. The van der Waals surface area contributed by atoms with Crippen molar-refractivity contribution in [1.82, 2.24) is 15.1 Å². The average Bonchev–Trinajstić information content (AvgIpc) is 3.46. The van der Waals surface area contributed by atoms with Gasteiger partial charge in [0.25, 0.3) is 0 Å². The Morgan fingerprint density at radius 1 is 1.15 bits per heavy atom. The predicted molar refractivity (Wildman–Crippen MR) is 99.7 cm³/mol. The lowest BCUT2D eigenvalue weighted by molar-refractivity contribution is -0.137. The normalized spacial score (nSPS) is 19.2. The molecule has 6 heteroatoms. The van der Waals surface area contributed by atoms with Crippen molar-refractivity contribution in [2.75, 3.05) is 46.4 Å². The molecular weight excluding hydrogens is 330 g/mol. The number of amides is 2. The fourth-order valence-corrected chi connectivity index (χ4v) is 3.47. The summed E-state index contributed by atoms with van der Waals surface area (Å²) in [4.78, 5) is 28.3. The summed E-state index contributed by atoms with van der Waals surface area (Å²) >= 11 is 0. The smallest absolute Gasteiger partial charge is 0.248 e. The van der Waals surface area contributed by atoms with Crippen molar-refractivity contribution in [3.63, 3.8) is 0 Å². The van der Waals surface area contributed by atoms with E-state index in [0.29, 0.717) is 25.6 Å². The van der Waals surface area contributed by atoms with Crippen LogP contribution < -0.4 is 5.32 Å². The van der Waals surface area contributed by atoms with E-state index in [0.717, 1.165) is 13.1 Å². The van der Waals surface area contributed by atoms with Crippen molar-refractivity contribution < 1.29 is 14.3 Å². The number of nitrogens with one attached hydrogen (secondary N) is 1. The SMILES string of the molecule is COCC(=O)N1CCN(CC(=O)NC(c2ccc(C)cc2)C2CC2)CC1. The first-order valence-corrected chi connectivity index (χ1v) is 9.42. The molecule has 2 fully saturated rings. The molecule has 0 spiro atoms. The summed E-state index contributed by atoms with van der Waals surface area (Å²) < 4.78 is 4.90. The van der Waals surface area contributed by atoms with Gasteiger partial charge in [-0.05, 0) is 31.2 Å². The molecule has 1 unspecified atom stereocenters. The van der Waals surface area contributed by atoms with E-state index in [-0.39, 0.29) is 24.5 Å². The van der Waals surface area contributed by atoms with Crippen molar-refractivity contribution >= 4 is 11.8 Å². The standard InChI is InChI=1S/C20H29N3O3/c1-15-3-5-16(6-4-15)20(17-7-8-17)21-18(24)13-22-9-11-23(12-10-22)19(25)14-26-2/h3-6,17,20H,7-14H2,1-2H3,(H,21,24). The van der Waals surface area contributed by atoms with Gasteiger partial charge in [0.05, 0.1) is 12.6 Å². The van der Waals surface area contributed by atoms with Crippen LogP contribution in [0.3, 0.4) is 0 Å². The molecule has 1 N–H and O–H groups in total. The quantitative estimate of drug-likeness (QED) is 0.798. The highest BCUT2D eigenvalue weighted by Gasteiger charge is 2.33. The van der Waals surface area contributed by atoms with E-state index in [1.54, 1.807) is 4.90 Å². The molecule has 1 heterocycles. The number of hydrogen-bond donors (Lipinski definition) is 1. The molecule has 0 bridgehead atoms. The van der Waals surface area contributed by atoms with Crippen molar-refractivity contribution in [3.05, 3.63) is 35.4 Å². The zero-order valence-electron chi connectivity index (χ0n) is 15.7. The van der Waals surface area contributed by atoms with Gasteiger partial charge in [0.1, 0.15) is 6.61 Å². The lowest BCUT2D eigenvalue weighted by atomic mass is 10.0. The third kappa shape index (κ3) is 5.05. The van der Waals surface area contributed by atoms with Crippen LogP contribution in [-0.2, 0) is 14.3 Å². The first-order valence-electron chi connectivity index (χ1n) is 9.42. The fourth-order valence-electron chi connectivity index (χ4n) is 3.47. The topological polar surface area (TPSA) is 61.9 Å². The van der Waals surface area contributed by atoms with Gasteiger partial charge in [0, 0.05) is 33.3 Å². The Kier molecular flexibility index (Phi) is 6.27. The van der Waals surface area contributed by atoms with E-state index in [1.807, 2.05) is 0 Å². The molecule has 2 amide bonds. The molecule has 26 heavy (non-hydrogen) atoms. The number of ether oxygens (including phenoxy) is 1. The molecule has 1 aromatic rings. The number of aryl methyl sites for hydroxylation is 1. The molecule has 1 saturated heterocycles. The van der Waals surface area contributed by atoms with Gasteiger partial charge in [-0.1, -0.05) is 29.8 Å². The van der Waals surface area contributed by atoms with Crippen molar-refractivity contribution in [3.8, 4) is 0 Å². The number of carbonyl (C=O) groups excluding carboxylic acids is 2. The number of benzene rings is 1. The van der Waals surface area contributed by atoms with Crippen LogP contribution in [0.4, 0.5) is 0 Å². The van der Waals surface area contributed by atoms with Gasteiger partial charge < -0.3 is 15.0 Å². The van der Waals surface area contributed by atoms with E-state index >= 15 is 0 Å². The molecule has 2 aliphatic rings. The second kappa shape index (κ2) is 8.64. The average molecular weight is 359 g/mol. The summed E-state index contributed by atoms with van der Waals surface area (Å²) in [5, 5.41) is 3.24. The summed E-state index contributed by atoms with van der Waals surface area (Å²) in [5.74, 6) is 0.647.